The summed E-state index contributed by atoms with van der Waals surface area (Å²) in [6.07, 6.45) is 5.32. The molecule has 1 heterocycles. The van der Waals surface area contributed by atoms with E-state index in [1.165, 1.54) is 0 Å². The van der Waals surface area contributed by atoms with E-state index in [9.17, 15) is 5.11 Å². The average molecular weight is 345 g/mol. The lowest BCUT2D eigenvalue weighted by Gasteiger charge is -2.05. The van der Waals surface area contributed by atoms with Gasteiger partial charge in [-0.2, -0.15) is 15.2 Å². The van der Waals surface area contributed by atoms with Gasteiger partial charge < -0.3 is 9.84 Å². The van der Waals surface area contributed by atoms with Crippen molar-refractivity contribution in [3.05, 3.63) is 59.9 Å². The molecule has 0 unspecified atom stereocenters. The lowest BCUT2D eigenvalue weighted by Crippen LogP contribution is -2.02. The number of rotatable bonds is 5. The van der Waals surface area contributed by atoms with Crippen LogP contribution in [0.25, 0.3) is 23.5 Å². The van der Waals surface area contributed by atoms with Gasteiger partial charge in [0.2, 0.25) is 5.95 Å². The van der Waals surface area contributed by atoms with Gasteiger partial charge in [-0.1, -0.05) is 30.3 Å². The van der Waals surface area contributed by atoms with Crippen molar-refractivity contribution in [1.82, 2.24) is 15.0 Å². The molecule has 2 N–H and O–H groups in total. The Hall–Kier alpha value is -3.92. The number of hydrogen-bond acceptors (Lipinski definition) is 7. The van der Waals surface area contributed by atoms with Crippen molar-refractivity contribution in [1.29, 1.82) is 5.26 Å². The summed E-state index contributed by atoms with van der Waals surface area (Å²) in [5.41, 5.74) is 1.39. The highest BCUT2D eigenvalue weighted by atomic mass is 16.5. The Morgan fingerprint density at radius 2 is 1.81 bits per heavy atom. The predicted molar refractivity (Wildman–Crippen MR) is 98.1 cm³/mol. The summed E-state index contributed by atoms with van der Waals surface area (Å²) < 4.78 is 5.13. The number of benzene rings is 2. The number of nitrogens with one attached hydrogen (secondary N) is 1. The molecule has 0 saturated carbocycles. The topological polar surface area (TPSA) is 104 Å². The highest BCUT2D eigenvalue weighted by Crippen LogP contribution is 2.26. The lowest BCUT2D eigenvalue weighted by molar-refractivity contribution is 0.415. The fourth-order valence-electron chi connectivity index (χ4n) is 2.24. The maximum absolute atomic E-state index is 10.0. The van der Waals surface area contributed by atoms with E-state index in [-0.39, 0.29) is 17.5 Å². The number of phenolic OH excluding ortho intramolecular Hbond substituents is 1. The van der Waals surface area contributed by atoms with E-state index in [1.54, 1.807) is 43.6 Å². The maximum atomic E-state index is 10.0. The van der Waals surface area contributed by atoms with Crippen molar-refractivity contribution in [2.75, 3.05) is 12.4 Å². The Balaban J connectivity index is 1.96. The molecule has 7 heteroatoms. The summed E-state index contributed by atoms with van der Waals surface area (Å²) in [6, 6.07) is 14.2. The van der Waals surface area contributed by atoms with E-state index in [2.05, 4.69) is 20.3 Å². The van der Waals surface area contributed by atoms with Gasteiger partial charge in [0.1, 0.15) is 11.5 Å². The van der Waals surface area contributed by atoms with E-state index in [4.69, 9.17) is 10.00 Å². The molecule has 3 rings (SSSR count). The number of anilines is 1. The van der Waals surface area contributed by atoms with Crippen molar-refractivity contribution in [2.24, 2.45) is 0 Å². The summed E-state index contributed by atoms with van der Waals surface area (Å²) in [7, 11) is 1.61. The molecule has 0 spiro atoms. The number of hydrogen-bond donors (Lipinski definition) is 2. The molecule has 1 aromatic heterocycles. The van der Waals surface area contributed by atoms with E-state index in [1.807, 2.05) is 30.3 Å². The second-order valence-corrected chi connectivity index (χ2v) is 5.20. The zero-order chi connectivity index (χ0) is 18.4. The summed E-state index contributed by atoms with van der Waals surface area (Å²) in [5, 5.41) is 21.3. The molecular weight excluding hydrogens is 330 g/mol. The monoisotopic (exact) mass is 345 g/mol. The minimum absolute atomic E-state index is 0.0479. The standard InChI is InChI=1S/C19H15N5O2/c1-26-14-9-6-13(7-10-14)8-11-17-22-18(24-19(23-17)21-12-20)15-4-2-3-5-16(15)25/h2-11,25H,1H3,(H,21,22,23,24). The Morgan fingerprint density at radius 3 is 2.50 bits per heavy atom. The van der Waals surface area contributed by atoms with Gasteiger partial charge in [0, 0.05) is 0 Å². The molecule has 0 saturated heterocycles. The zero-order valence-corrected chi connectivity index (χ0v) is 13.9. The first-order valence-electron chi connectivity index (χ1n) is 7.71. The normalized spacial score (nSPS) is 10.5. The number of nitrogens with zero attached hydrogens (tertiary/aromatic N) is 4. The SMILES string of the molecule is COc1ccc(C=Cc2nc(NC#N)nc(-c3ccccc3O)n2)cc1. The number of methoxy groups -OCH3 is 1. The van der Waals surface area contributed by atoms with Crippen LogP contribution in [-0.4, -0.2) is 27.2 Å². The van der Waals surface area contributed by atoms with Crippen LogP contribution in [0, 0.1) is 11.5 Å². The van der Waals surface area contributed by atoms with Gasteiger partial charge >= 0.3 is 0 Å². The van der Waals surface area contributed by atoms with Gasteiger partial charge in [-0.05, 0) is 35.9 Å². The van der Waals surface area contributed by atoms with Crippen LogP contribution in [0.15, 0.2) is 48.5 Å². The molecule has 0 aliphatic carbocycles. The molecule has 3 aromatic rings. The third-order valence-corrected chi connectivity index (χ3v) is 3.51. The lowest BCUT2D eigenvalue weighted by atomic mass is 10.2. The van der Waals surface area contributed by atoms with E-state index in [0.717, 1.165) is 11.3 Å². The Morgan fingerprint density at radius 1 is 1.04 bits per heavy atom. The average Bonchev–Trinajstić information content (AvgIpc) is 2.67. The van der Waals surface area contributed by atoms with Crippen molar-refractivity contribution in [3.8, 4) is 29.1 Å². The molecular formula is C19H15N5O2. The molecule has 0 amide bonds. The molecule has 0 aliphatic heterocycles. The molecule has 128 valence electrons. The summed E-state index contributed by atoms with van der Waals surface area (Å²) in [5.74, 6) is 1.54. The van der Waals surface area contributed by atoms with Crippen LogP contribution in [0.4, 0.5) is 5.95 Å². The van der Waals surface area contributed by atoms with Crippen molar-refractivity contribution < 1.29 is 9.84 Å². The highest BCUT2D eigenvalue weighted by molar-refractivity contribution is 5.70. The summed E-state index contributed by atoms with van der Waals surface area (Å²) >= 11 is 0. The fourth-order valence-corrected chi connectivity index (χ4v) is 2.24. The van der Waals surface area contributed by atoms with Crippen molar-refractivity contribution in [2.45, 2.75) is 0 Å². The quantitative estimate of drug-likeness (QED) is 0.540. The van der Waals surface area contributed by atoms with Crippen LogP contribution in [0.2, 0.25) is 0 Å². The molecule has 26 heavy (non-hydrogen) atoms. The first kappa shape index (κ1) is 16.9. The van der Waals surface area contributed by atoms with Gasteiger partial charge in [0.25, 0.3) is 0 Å². The Labute approximate surface area is 150 Å². The number of ether oxygens (including phenoxy) is 1. The van der Waals surface area contributed by atoms with Gasteiger partial charge in [-0.25, -0.2) is 4.98 Å². The van der Waals surface area contributed by atoms with Crippen LogP contribution in [-0.2, 0) is 0 Å². The van der Waals surface area contributed by atoms with Crippen molar-refractivity contribution >= 4 is 18.1 Å². The summed E-state index contributed by atoms with van der Waals surface area (Å²) in [4.78, 5) is 12.7. The number of aromatic hydroxyl groups is 1. The number of phenols is 1. The Kier molecular flexibility index (Phi) is 5.05. The predicted octanol–water partition coefficient (Wildman–Crippen LogP) is 3.32. The third kappa shape index (κ3) is 3.94. The first-order chi connectivity index (χ1) is 12.7. The fraction of sp³-hybridized carbons (Fsp3) is 0.0526. The number of nitriles is 1. The van der Waals surface area contributed by atoms with Crippen LogP contribution < -0.4 is 10.1 Å². The minimum Gasteiger partial charge on any atom is -0.507 e. The van der Waals surface area contributed by atoms with Crippen molar-refractivity contribution in [3.63, 3.8) is 0 Å². The molecule has 0 bridgehead atoms. The first-order valence-corrected chi connectivity index (χ1v) is 7.71. The second kappa shape index (κ2) is 7.77. The van der Waals surface area contributed by atoms with Gasteiger partial charge in [-0.3, -0.25) is 5.32 Å². The number of para-hydroxylation sites is 1. The zero-order valence-electron chi connectivity index (χ0n) is 13.9. The maximum Gasteiger partial charge on any atom is 0.240 e. The largest absolute Gasteiger partial charge is 0.507 e. The number of aromatic nitrogens is 3. The van der Waals surface area contributed by atoms with Gasteiger partial charge in [0.15, 0.2) is 17.8 Å². The second-order valence-electron chi connectivity index (χ2n) is 5.20. The molecule has 7 nitrogen and oxygen atoms in total. The summed E-state index contributed by atoms with van der Waals surface area (Å²) in [6.45, 7) is 0. The van der Waals surface area contributed by atoms with Crippen LogP contribution >= 0.6 is 0 Å². The van der Waals surface area contributed by atoms with Crippen LogP contribution in [0.1, 0.15) is 11.4 Å². The van der Waals surface area contributed by atoms with Crippen LogP contribution in [0.3, 0.4) is 0 Å². The Bertz CT molecular complexity index is 978. The van der Waals surface area contributed by atoms with Gasteiger partial charge in [0.05, 0.1) is 12.7 Å². The minimum atomic E-state index is 0.0479. The van der Waals surface area contributed by atoms with Gasteiger partial charge in [-0.15, -0.1) is 0 Å². The smallest absolute Gasteiger partial charge is 0.240 e. The third-order valence-electron chi connectivity index (χ3n) is 3.51. The molecule has 0 aliphatic rings. The van der Waals surface area contributed by atoms with Crippen LogP contribution in [0.5, 0.6) is 11.5 Å². The van der Waals surface area contributed by atoms with E-state index in [0.29, 0.717) is 11.4 Å². The van der Waals surface area contributed by atoms with E-state index >= 15 is 0 Å². The molecule has 0 radical (unpaired) electrons. The van der Waals surface area contributed by atoms with E-state index < -0.39 is 0 Å². The molecule has 0 atom stereocenters. The highest BCUT2D eigenvalue weighted by Gasteiger charge is 2.10. The molecule has 2 aromatic carbocycles. The molecule has 0 fully saturated rings.